The third kappa shape index (κ3) is 7.65. The summed E-state index contributed by atoms with van der Waals surface area (Å²) in [6.07, 6.45) is 3.17. The SMILES string of the molecule is C(#Cc1ccccc1-c1coc2ccccc12)c1ccccc1.Ic1c(-c2ccccc2)c2oc3ccccc3c2c2ccccc12.OB(O)c1coc2ccccc12. The van der Waals surface area contributed by atoms with Crippen molar-refractivity contribution >= 4 is 89.8 Å². The lowest BCUT2D eigenvalue weighted by Gasteiger charge is -2.10. The number of para-hydroxylation sites is 3. The van der Waals surface area contributed by atoms with Gasteiger partial charge in [0.2, 0.25) is 0 Å². The number of hydrogen-bond acceptors (Lipinski definition) is 5. The Labute approximate surface area is 354 Å². The van der Waals surface area contributed by atoms with E-state index in [0.29, 0.717) is 11.0 Å². The van der Waals surface area contributed by atoms with Crippen molar-refractivity contribution < 1.29 is 23.3 Å². The Kier molecular flexibility index (Phi) is 10.8. The van der Waals surface area contributed by atoms with Crippen molar-refractivity contribution in [2.24, 2.45) is 0 Å². The lowest BCUT2D eigenvalue weighted by molar-refractivity contribution is 0.425. The Balaban J connectivity index is 0.000000121. The normalized spacial score (nSPS) is 10.8. The van der Waals surface area contributed by atoms with Gasteiger partial charge in [0, 0.05) is 58.4 Å². The highest BCUT2D eigenvalue weighted by Gasteiger charge is 2.20. The van der Waals surface area contributed by atoms with Crippen LogP contribution in [0.1, 0.15) is 11.1 Å². The van der Waals surface area contributed by atoms with E-state index in [1.807, 2.05) is 103 Å². The summed E-state index contributed by atoms with van der Waals surface area (Å²) in [5, 5.41) is 24.6. The minimum atomic E-state index is -1.46. The van der Waals surface area contributed by atoms with E-state index in [9.17, 15) is 0 Å². The molecule has 7 heteroatoms. The van der Waals surface area contributed by atoms with E-state index in [0.717, 1.165) is 49.8 Å². The van der Waals surface area contributed by atoms with Crippen molar-refractivity contribution in [2.45, 2.75) is 0 Å². The van der Waals surface area contributed by atoms with Crippen LogP contribution in [0, 0.1) is 15.4 Å². The standard InChI is InChI=1S/C22H13IO.C22H14O.C8H7BO3/c23-21-16-11-5-4-10-15(16)20-17-12-6-7-13-18(17)24-22(20)19(21)14-8-2-1-3-9-14;1-2-8-17(9-3-1)14-15-18-10-4-5-11-19(18)21-16-23-22-13-7-6-12-20(21)22;10-9(11)7-5-12-8-4-2-1-3-6(7)8/h1-13H;1-13,16H;1-5,10-11H. The maximum Gasteiger partial charge on any atom is 0.492 e. The lowest BCUT2D eigenvalue weighted by atomic mass is 9.80. The van der Waals surface area contributed by atoms with Gasteiger partial charge in [-0.05, 0) is 75.3 Å². The van der Waals surface area contributed by atoms with E-state index in [1.165, 1.54) is 42.5 Å². The molecule has 11 aromatic rings. The first kappa shape index (κ1) is 37.7. The molecule has 0 aliphatic carbocycles. The lowest BCUT2D eigenvalue weighted by Crippen LogP contribution is -2.28. The summed E-state index contributed by atoms with van der Waals surface area (Å²) in [5.74, 6) is 6.52. The maximum absolute atomic E-state index is 8.91. The highest BCUT2D eigenvalue weighted by atomic mass is 127. The molecule has 0 unspecified atom stereocenters. The molecule has 8 aromatic carbocycles. The number of halogens is 1. The molecule has 11 rings (SSSR count). The van der Waals surface area contributed by atoms with Crippen LogP contribution in [0.3, 0.4) is 0 Å². The summed E-state index contributed by atoms with van der Waals surface area (Å²) >= 11 is 2.45. The van der Waals surface area contributed by atoms with Gasteiger partial charge in [0.1, 0.15) is 22.3 Å². The van der Waals surface area contributed by atoms with E-state index in [4.69, 9.17) is 23.3 Å². The van der Waals surface area contributed by atoms with Gasteiger partial charge in [0.15, 0.2) is 0 Å². The molecular formula is C52H34BIO5. The molecule has 59 heavy (non-hydrogen) atoms. The van der Waals surface area contributed by atoms with Crippen molar-refractivity contribution in [3.05, 3.63) is 209 Å². The first-order chi connectivity index (χ1) is 29.0. The monoisotopic (exact) mass is 876 g/mol. The van der Waals surface area contributed by atoms with Crippen molar-refractivity contribution in [1.29, 1.82) is 0 Å². The van der Waals surface area contributed by atoms with Gasteiger partial charge in [-0.3, -0.25) is 0 Å². The summed E-state index contributed by atoms with van der Waals surface area (Å²) in [7, 11) is -1.46. The van der Waals surface area contributed by atoms with Crippen LogP contribution in [0.25, 0.3) is 76.9 Å². The number of furan rings is 3. The van der Waals surface area contributed by atoms with Gasteiger partial charge in [0.05, 0.1) is 12.5 Å². The highest BCUT2D eigenvalue weighted by molar-refractivity contribution is 14.1. The zero-order chi connectivity index (χ0) is 40.1. The summed E-state index contributed by atoms with van der Waals surface area (Å²) < 4.78 is 18.3. The third-order valence-electron chi connectivity index (χ3n) is 10.1. The van der Waals surface area contributed by atoms with Gasteiger partial charge < -0.3 is 23.3 Å². The van der Waals surface area contributed by atoms with E-state index >= 15 is 0 Å². The van der Waals surface area contributed by atoms with Crippen LogP contribution in [-0.4, -0.2) is 17.2 Å². The summed E-state index contributed by atoms with van der Waals surface area (Å²) in [6, 6.07) is 60.9. The molecule has 0 aliphatic heterocycles. The minimum Gasteiger partial charge on any atom is -0.465 e. The summed E-state index contributed by atoms with van der Waals surface area (Å²) in [4.78, 5) is 0. The first-order valence-electron chi connectivity index (χ1n) is 19.1. The largest absolute Gasteiger partial charge is 0.492 e. The van der Waals surface area contributed by atoms with Gasteiger partial charge in [-0.2, -0.15) is 0 Å². The van der Waals surface area contributed by atoms with Crippen LogP contribution in [0.15, 0.2) is 208 Å². The second kappa shape index (κ2) is 17.0. The Morgan fingerprint density at radius 3 is 1.73 bits per heavy atom. The van der Waals surface area contributed by atoms with E-state index < -0.39 is 7.12 Å². The van der Waals surface area contributed by atoms with Crippen LogP contribution >= 0.6 is 22.6 Å². The van der Waals surface area contributed by atoms with Gasteiger partial charge in [0.25, 0.3) is 0 Å². The molecular weight excluding hydrogens is 842 g/mol. The van der Waals surface area contributed by atoms with Gasteiger partial charge >= 0.3 is 7.12 Å². The Bertz CT molecular complexity index is 3280. The van der Waals surface area contributed by atoms with E-state index in [1.54, 1.807) is 12.1 Å². The molecule has 0 saturated carbocycles. The van der Waals surface area contributed by atoms with Crippen LogP contribution in [0.2, 0.25) is 0 Å². The Morgan fingerprint density at radius 1 is 0.458 bits per heavy atom. The quantitative estimate of drug-likeness (QED) is 0.105. The van der Waals surface area contributed by atoms with Gasteiger partial charge in [-0.15, -0.1) is 0 Å². The molecule has 282 valence electrons. The zero-order valence-corrected chi connectivity index (χ0v) is 33.7. The second-order valence-corrected chi connectivity index (χ2v) is 14.8. The van der Waals surface area contributed by atoms with E-state index in [-0.39, 0.29) is 0 Å². The fourth-order valence-electron chi connectivity index (χ4n) is 7.35. The molecule has 0 saturated heterocycles. The van der Waals surface area contributed by atoms with Crippen molar-refractivity contribution in [3.63, 3.8) is 0 Å². The van der Waals surface area contributed by atoms with Crippen molar-refractivity contribution in [1.82, 2.24) is 0 Å². The third-order valence-corrected chi connectivity index (χ3v) is 11.3. The smallest absolute Gasteiger partial charge is 0.465 e. The topological polar surface area (TPSA) is 79.9 Å². The highest BCUT2D eigenvalue weighted by Crippen LogP contribution is 2.44. The Hall–Kier alpha value is -6.83. The maximum atomic E-state index is 8.91. The summed E-state index contributed by atoms with van der Waals surface area (Å²) in [6.45, 7) is 0. The number of fused-ring (bicyclic) bond motifs is 7. The van der Waals surface area contributed by atoms with E-state index in [2.05, 4.69) is 107 Å². The number of benzene rings is 8. The molecule has 0 atom stereocenters. The molecule has 0 radical (unpaired) electrons. The molecule has 0 aliphatic rings. The zero-order valence-electron chi connectivity index (χ0n) is 31.5. The molecule has 0 amide bonds. The molecule has 0 spiro atoms. The van der Waals surface area contributed by atoms with Crippen molar-refractivity contribution in [2.75, 3.05) is 0 Å². The van der Waals surface area contributed by atoms with Gasteiger partial charge in [-0.25, -0.2) is 0 Å². The first-order valence-corrected chi connectivity index (χ1v) is 20.1. The molecule has 0 bridgehead atoms. The van der Waals surface area contributed by atoms with Crippen molar-refractivity contribution in [3.8, 4) is 34.1 Å². The number of hydrogen-bond donors (Lipinski definition) is 2. The van der Waals surface area contributed by atoms with Crippen LogP contribution in [-0.2, 0) is 0 Å². The second-order valence-electron chi connectivity index (χ2n) is 13.8. The van der Waals surface area contributed by atoms with Gasteiger partial charge in [-0.1, -0.05) is 157 Å². The predicted molar refractivity (Wildman–Crippen MR) is 249 cm³/mol. The molecule has 2 N–H and O–H groups in total. The molecule has 5 nitrogen and oxygen atoms in total. The van der Waals surface area contributed by atoms with Crippen LogP contribution < -0.4 is 5.46 Å². The average Bonchev–Trinajstić information content (AvgIpc) is 4.03. The number of rotatable bonds is 3. The molecule has 3 heterocycles. The average molecular weight is 877 g/mol. The fourth-order valence-corrected chi connectivity index (χ4v) is 8.38. The minimum absolute atomic E-state index is 0.408. The van der Waals surface area contributed by atoms with Crippen LogP contribution in [0.5, 0.6) is 0 Å². The summed E-state index contributed by atoms with van der Waals surface area (Å²) in [5.41, 5.74) is 10.5. The van der Waals surface area contributed by atoms with Crippen LogP contribution in [0.4, 0.5) is 0 Å². The molecule has 0 fully saturated rings. The molecule has 3 aromatic heterocycles. The Morgan fingerprint density at radius 2 is 1.00 bits per heavy atom. The predicted octanol–water partition coefficient (Wildman–Crippen LogP) is 12.6. The fraction of sp³-hybridized carbons (Fsp3) is 0.